The van der Waals surface area contributed by atoms with Gasteiger partial charge in [-0.3, -0.25) is 9.59 Å². The number of aromatic nitrogens is 4. The molecular formula is C19H24N6O3. The van der Waals surface area contributed by atoms with Crippen molar-refractivity contribution < 1.29 is 14.3 Å². The second-order valence-corrected chi connectivity index (χ2v) is 7.41. The van der Waals surface area contributed by atoms with Gasteiger partial charge in [0.25, 0.3) is 5.91 Å². The van der Waals surface area contributed by atoms with Crippen molar-refractivity contribution in [2.45, 2.75) is 44.8 Å². The molecule has 2 fully saturated rings. The van der Waals surface area contributed by atoms with Crippen molar-refractivity contribution >= 4 is 11.8 Å². The molecule has 1 saturated carbocycles. The monoisotopic (exact) mass is 384 g/mol. The van der Waals surface area contributed by atoms with E-state index < -0.39 is 0 Å². The van der Waals surface area contributed by atoms with E-state index in [1.54, 1.807) is 25.1 Å². The number of amides is 2. The van der Waals surface area contributed by atoms with Crippen molar-refractivity contribution in [1.29, 1.82) is 0 Å². The molecule has 2 aromatic rings. The minimum Gasteiger partial charge on any atom is -0.490 e. The number of ether oxygens (including phenoxy) is 1. The highest BCUT2D eigenvalue weighted by Crippen LogP contribution is 2.32. The van der Waals surface area contributed by atoms with E-state index in [9.17, 15) is 9.59 Å². The third-order valence-corrected chi connectivity index (χ3v) is 5.18. The van der Waals surface area contributed by atoms with Crippen LogP contribution in [0.1, 0.15) is 54.8 Å². The fourth-order valence-electron chi connectivity index (χ4n) is 3.38. The number of tetrazole rings is 1. The first-order valence-corrected chi connectivity index (χ1v) is 9.70. The third-order valence-electron chi connectivity index (χ3n) is 5.18. The van der Waals surface area contributed by atoms with E-state index in [-0.39, 0.29) is 24.0 Å². The van der Waals surface area contributed by atoms with Crippen molar-refractivity contribution in [3.8, 4) is 5.75 Å². The summed E-state index contributed by atoms with van der Waals surface area (Å²) in [5.41, 5.74) is 0.509. The van der Waals surface area contributed by atoms with Crippen molar-refractivity contribution in [2.75, 3.05) is 13.1 Å². The molecule has 0 radical (unpaired) electrons. The van der Waals surface area contributed by atoms with Gasteiger partial charge in [0.1, 0.15) is 11.9 Å². The summed E-state index contributed by atoms with van der Waals surface area (Å²) in [4.78, 5) is 26.6. The first-order chi connectivity index (χ1) is 13.6. The summed E-state index contributed by atoms with van der Waals surface area (Å²) >= 11 is 0. The van der Waals surface area contributed by atoms with E-state index in [2.05, 4.69) is 25.9 Å². The number of nitrogens with zero attached hydrogens (tertiary/aromatic N) is 4. The maximum absolute atomic E-state index is 12.5. The molecule has 2 amide bonds. The van der Waals surface area contributed by atoms with Gasteiger partial charge in [0, 0.05) is 37.4 Å². The van der Waals surface area contributed by atoms with Crippen molar-refractivity contribution in [3.63, 3.8) is 0 Å². The van der Waals surface area contributed by atoms with Gasteiger partial charge in [-0.2, -0.15) is 5.21 Å². The lowest BCUT2D eigenvalue weighted by atomic mass is 10.1. The van der Waals surface area contributed by atoms with Gasteiger partial charge in [-0.05, 0) is 38.0 Å². The average Bonchev–Trinajstić information content (AvgIpc) is 3.41. The Bertz CT molecular complexity index is 828. The summed E-state index contributed by atoms with van der Waals surface area (Å²) in [6.45, 7) is 3.27. The molecule has 4 rings (SSSR count). The van der Waals surface area contributed by atoms with E-state index in [0.717, 1.165) is 38.8 Å². The largest absolute Gasteiger partial charge is 0.490 e. The highest BCUT2D eigenvalue weighted by Gasteiger charge is 2.35. The highest BCUT2D eigenvalue weighted by molar-refractivity contribution is 5.94. The number of likely N-dealkylation sites (tertiary alicyclic amines) is 1. The molecule has 9 heteroatoms. The normalized spacial score (nSPS) is 18.5. The number of hydrogen-bond acceptors (Lipinski definition) is 6. The molecule has 2 heterocycles. The summed E-state index contributed by atoms with van der Waals surface area (Å²) in [5, 5.41) is 16.5. The molecule has 1 aliphatic carbocycles. The Labute approximate surface area is 162 Å². The average molecular weight is 384 g/mol. The Morgan fingerprint density at radius 3 is 2.71 bits per heavy atom. The van der Waals surface area contributed by atoms with Crippen LogP contribution in [0.5, 0.6) is 5.75 Å². The van der Waals surface area contributed by atoms with E-state index in [1.807, 2.05) is 11.0 Å². The Kier molecular flexibility index (Phi) is 5.23. The van der Waals surface area contributed by atoms with Gasteiger partial charge >= 0.3 is 0 Å². The molecule has 1 saturated heterocycles. The summed E-state index contributed by atoms with van der Waals surface area (Å²) in [6, 6.07) is 6.77. The molecule has 2 N–H and O–H groups in total. The van der Waals surface area contributed by atoms with Crippen molar-refractivity contribution in [2.24, 2.45) is 5.92 Å². The highest BCUT2D eigenvalue weighted by atomic mass is 16.5. The number of H-pyrrole nitrogens is 1. The van der Waals surface area contributed by atoms with Gasteiger partial charge in [-0.1, -0.05) is 11.3 Å². The fraction of sp³-hybridized carbons (Fsp3) is 0.526. The predicted molar refractivity (Wildman–Crippen MR) is 99.5 cm³/mol. The fourth-order valence-corrected chi connectivity index (χ4v) is 3.38. The molecule has 0 bridgehead atoms. The second-order valence-electron chi connectivity index (χ2n) is 7.41. The molecule has 148 valence electrons. The predicted octanol–water partition coefficient (Wildman–Crippen LogP) is 1.47. The van der Waals surface area contributed by atoms with Gasteiger partial charge in [-0.25, -0.2) is 0 Å². The van der Waals surface area contributed by atoms with E-state index in [0.29, 0.717) is 23.0 Å². The van der Waals surface area contributed by atoms with Crippen molar-refractivity contribution in [1.82, 2.24) is 30.8 Å². The molecule has 9 nitrogen and oxygen atoms in total. The number of piperidine rings is 1. The van der Waals surface area contributed by atoms with Crippen LogP contribution in [0.2, 0.25) is 0 Å². The van der Waals surface area contributed by atoms with E-state index in [4.69, 9.17) is 4.74 Å². The van der Waals surface area contributed by atoms with Crippen LogP contribution in [0, 0.1) is 5.92 Å². The second kappa shape index (κ2) is 7.95. The van der Waals surface area contributed by atoms with E-state index >= 15 is 0 Å². The standard InChI is InChI=1S/C19H24N6O3/c1-12(17-21-23-24-22-17)20-18(26)14-3-2-4-16(11-14)28-15-7-9-25(10-8-15)19(27)13-5-6-13/h2-4,11-13,15H,5-10H2,1H3,(H,20,26)(H,21,22,23,24). The van der Waals surface area contributed by atoms with Crippen LogP contribution in [0.25, 0.3) is 0 Å². The summed E-state index contributed by atoms with van der Waals surface area (Å²) < 4.78 is 6.07. The number of carbonyl (C=O) groups excluding carboxylic acids is 2. The number of carbonyl (C=O) groups is 2. The number of aromatic amines is 1. The number of nitrogens with one attached hydrogen (secondary N) is 2. The zero-order valence-electron chi connectivity index (χ0n) is 15.8. The molecule has 1 aromatic carbocycles. The van der Waals surface area contributed by atoms with Crippen molar-refractivity contribution in [3.05, 3.63) is 35.7 Å². The van der Waals surface area contributed by atoms with Crippen LogP contribution < -0.4 is 10.1 Å². The summed E-state index contributed by atoms with van der Waals surface area (Å²) in [7, 11) is 0. The third kappa shape index (κ3) is 4.29. The number of benzene rings is 1. The Morgan fingerprint density at radius 2 is 2.04 bits per heavy atom. The van der Waals surface area contributed by atoms with Crippen LogP contribution in [0.3, 0.4) is 0 Å². The molecule has 28 heavy (non-hydrogen) atoms. The van der Waals surface area contributed by atoms with Crippen LogP contribution in [-0.4, -0.2) is 56.5 Å². The number of rotatable bonds is 6. The first-order valence-electron chi connectivity index (χ1n) is 9.70. The quantitative estimate of drug-likeness (QED) is 0.780. The molecule has 1 unspecified atom stereocenters. The molecule has 1 aliphatic heterocycles. The summed E-state index contributed by atoms with van der Waals surface area (Å²) in [5.74, 6) is 1.42. The first kappa shape index (κ1) is 18.4. The Morgan fingerprint density at radius 1 is 1.25 bits per heavy atom. The minimum atomic E-state index is -0.357. The topological polar surface area (TPSA) is 113 Å². The molecule has 1 aromatic heterocycles. The maximum atomic E-state index is 12.5. The van der Waals surface area contributed by atoms with Gasteiger partial charge in [0.15, 0.2) is 5.82 Å². The lowest BCUT2D eigenvalue weighted by Crippen LogP contribution is -2.42. The van der Waals surface area contributed by atoms with Crippen LogP contribution >= 0.6 is 0 Å². The van der Waals surface area contributed by atoms with Crippen LogP contribution in [-0.2, 0) is 4.79 Å². The van der Waals surface area contributed by atoms with Gasteiger partial charge in [0.05, 0.1) is 6.04 Å². The lowest BCUT2D eigenvalue weighted by molar-refractivity contribution is -0.134. The molecule has 2 aliphatic rings. The zero-order valence-corrected chi connectivity index (χ0v) is 15.8. The van der Waals surface area contributed by atoms with Gasteiger partial charge in [-0.15, -0.1) is 10.2 Å². The van der Waals surface area contributed by atoms with Crippen LogP contribution in [0.4, 0.5) is 0 Å². The minimum absolute atomic E-state index is 0.0554. The zero-order chi connectivity index (χ0) is 19.5. The van der Waals surface area contributed by atoms with Crippen LogP contribution in [0.15, 0.2) is 24.3 Å². The molecule has 0 spiro atoms. The Balaban J connectivity index is 1.31. The Hall–Kier alpha value is -2.97. The molecule has 1 atom stereocenters. The van der Waals surface area contributed by atoms with E-state index in [1.165, 1.54) is 0 Å². The maximum Gasteiger partial charge on any atom is 0.251 e. The lowest BCUT2D eigenvalue weighted by Gasteiger charge is -2.32. The smallest absolute Gasteiger partial charge is 0.251 e. The SMILES string of the molecule is CC(NC(=O)c1cccc(OC2CCN(C(=O)C3CC3)CC2)c1)c1nn[nH]n1. The molecular weight excluding hydrogens is 360 g/mol. The van der Waals surface area contributed by atoms with Gasteiger partial charge < -0.3 is 15.0 Å². The summed E-state index contributed by atoms with van der Waals surface area (Å²) in [6.07, 6.45) is 3.75. The van der Waals surface area contributed by atoms with Gasteiger partial charge in [0.2, 0.25) is 5.91 Å². The number of hydrogen-bond donors (Lipinski definition) is 2.